The van der Waals surface area contributed by atoms with Crippen LogP contribution in [0.1, 0.15) is 35.7 Å². The van der Waals surface area contributed by atoms with Crippen molar-refractivity contribution >= 4 is 43.1 Å². The molecular weight excluding hydrogens is 624 g/mol. The van der Waals surface area contributed by atoms with Gasteiger partial charge in [0, 0.05) is 16.9 Å². The highest BCUT2D eigenvalue weighted by Crippen LogP contribution is 2.61. The third-order valence-electron chi connectivity index (χ3n) is 8.94. The highest BCUT2D eigenvalue weighted by Gasteiger charge is 2.44. The lowest BCUT2D eigenvalue weighted by Gasteiger charge is -2.44. The Morgan fingerprint density at radius 3 is 1.85 bits per heavy atom. The number of nitrogens with zero attached hydrogens (tertiary/aromatic N) is 1. The van der Waals surface area contributed by atoms with Crippen molar-refractivity contribution in [3.8, 4) is 11.5 Å². The van der Waals surface area contributed by atoms with Gasteiger partial charge in [0.2, 0.25) is 0 Å². The van der Waals surface area contributed by atoms with E-state index in [-0.39, 0.29) is 12.1 Å². The Balaban J connectivity index is 1.31. The summed E-state index contributed by atoms with van der Waals surface area (Å²) >= 11 is 0. The molecule has 0 bridgehead atoms. The first-order valence-corrected chi connectivity index (χ1v) is 18.8. The van der Waals surface area contributed by atoms with Crippen LogP contribution >= 0.6 is 16.4 Å². The molecule has 0 saturated carbocycles. The van der Waals surface area contributed by atoms with Gasteiger partial charge in [0.15, 0.2) is 0 Å². The topological polar surface area (TPSA) is 21.7 Å². The Bertz CT molecular complexity index is 2090. The van der Waals surface area contributed by atoms with E-state index in [1.165, 1.54) is 43.4 Å². The largest absolute Gasteiger partial charge is 0.427 e. The van der Waals surface area contributed by atoms with Crippen molar-refractivity contribution in [3.63, 3.8) is 0 Å². The maximum Gasteiger partial charge on any atom is 0.386 e. The van der Waals surface area contributed by atoms with Gasteiger partial charge in [0.1, 0.15) is 11.5 Å². The molecule has 3 nitrogen and oxygen atoms in total. The van der Waals surface area contributed by atoms with Gasteiger partial charge in [-0.3, -0.25) is 0 Å². The molecule has 1 unspecified atom stereocenters. The molecule has 0 amide bonds. The Labute approximate surface area is 285 Å². The summed E-state index contributed by atoms with van der Waals surface area (Å²) in [5.41, 5.74) is 3.60. The highest BCUT2D eigenvalue weighted by atomic mass is 31.2. The quantitative estimate of drug-likeness (QED) is 0.152. The third-order valence-corrected chi connectivity index (χ3v) is 13.1. The van der Waals surface area contributed by atoms with Gasteiger partial charge in [-0.1, -0.05) is 170 Å². The van der Waals surface area contributed by atoms with Crippen molar-refractivity contribution in [1.29, 1.82) is 0 Å². The molecule has 234 valence electrons. The summed E-state index contributed by atoms with van der Waals surface area (Å²) in [5, 5.41) is 6.12. The first-order chi connectivity index (χ1) is 23.8. The fraction of sp³-hybridized carbons (Fsp3) is 0.0698. The minimum Gasteiger partial charge on any atom is -0.427 e. The van der Waals surface area contributed by atoms with Gasteiger partial charge in [0.05, 0.1) is 6.04 Å². The summed E-state index contributed by atoms with van der Waals surface area (Å²) in [4.78, 5) is 0. The summed E-state index contributed by atoms with van der Waals surface area (Å²) in [6, 6.07) is 64.5. The van der Waals surface area contributed by atoms with E-state index in [1.807, 2.05) is 0 Å². The predicted molar refractivity (Wildman–Crippen MR) is 202 cm³/mol. The van der Waals surface area contributed by atoms with Crippen molar-refractivity contribution in [2.45, 2.75) is 19.0 Å². The zero-order valence-electron chi connectivity index (χ0n) is 26.6. The highest BCUT2D eigenvalue weighted by molar-refractivity contribution is 7.80. The lowest BCUT2D eigenvalue weighted by atomic mass is 9.91. The van der Waals surface area contributed by atoms with Crippen molar-refractivity contribution < 1.29 is 9.05 Å². The summed E-state index contributed by atoms with van der Waals surface area (Å²) in [6.45, 7) is 2.27. The van der Waals surface area contributed by atoms with Crippen LogP contribution in [0.25, 0.3) is 10.8 Å². The van der Waals surface area contributed by atoms with Crippen LogP contribution in [0.3, 0.4) is 0 Å². The molecule has 1 heterocycles. The number of hydrogen-bond donors (Lipinski definition) is 0. The van der Waals surface area contributed by atoms with Crippen molar-refractivity contribution in [2.75, 3.05) is 0 Å². The summed E-state index contributed by atoms with van der Waals surface area (Å²) in [6.07, 6.45) is 0. The van der Waals surface area contributed by atoms with Gasteiger partial charge >= 0.3 is 8.53 Å². The van der Waals surface area contributed by atoms with Gasteiger partial charge < -0.3 is 9.05 Å². The maximum atomic E-state index is 7.27. The molecule has 0 N–H and O–H groups in total. The lowest BCUT2D eigenvalue weighted by molar-refractivity contribution is 0.241. The molecule has 8 rings (SSSR count). The molecule has 5 heteroatoms. The molecule has 1 aliphatic rings. The summed E-state index contributed by atoms with van der Waals surface area (Å²) < 4.78 is 16.8. The minimum atomic E-state index is -1.61. The number of rotatable bonds is 8. The van der Waals surface area contributed by atoms with E-state index in [9.17, 15) is 0 Å². The normalized spacial score (nSPS) is 16.6. The number of para-hydroxylation sites is 1. The molecule has 48 heavy (non-hydrogen) atoms. The van der Waals surface area contributed by atoms with Crippen LogP contribution in [0.5, 0.6) is 11.5 Å². The monoisotopic (exact) mass is 659 g/mol. The van der Waals surface area contributed by atoms with E-state index in [1.54, 1.807) is 0 Å². The first kappa shape index (κ1) is 30.5. The van der Waals surface area contributed by atoms with Crippen LogP contribution in [0, 0.1) is 0 Å². The molecule has 0 aromatic heterocycles. The molecule has 0 aliphatic carbocycles. The standard InChI is InChI=1S/C43H35NO2P2/c1-32(33-18-6-2-7-19-33)44-43(35-21-8-3-9-22-35)42-38-27-15-14-20-34(38)30-31-40(42)46-48(44)45-39-28-16-17-29-41(39)47(36-23-10-4-11-24-36)37-25-12-5-13-26-37/h2-32,43H,1H3/t32-,43+,48?/m1/s1. The molecule has 7 aromatic rings. The van der Waals surface area contributed by atoms with Crippen LogP contribution in [0.15, 0.2) is 182 Å². The van der Waals surface area contributed by atoms with E-state index in [0.717, 1.165) is 11.5 Å². The van der Waals surface area contributed by atoms with Gasteiger partial charge in [-0.25, -0.2) is 0 Å². The fourth-order valence-corrected chi connectivity index (χ4v) is 10.8. The maximum absolute atomic E-state index is 7.27. The fourth-order valence-electron chi connectivity index (χ4n) is 6.65. The molecule has 0 spiro atoms. The Hall–Kier alpha value is -4.78. The van der Waals surface area contributed by atoms with Gasteiger partial charge in [-0.15, -0.1) is 0 Å². The predicted octanol–water partition coefficient (Wildman–Crippen LogP) is 10.4. The molecule has 0 saturated heterocycles. The van der Waals surface area contributed by atoms with Gasteiger partial charge in [0.25, 0.3) is 0 Å². The number of benzene rings is 7. The zero-order chi connectivity index (χ0) is 32.3. The lowest BCUT2D eigenvalue weighted by Crippen LogP contribution is -2.35. The average Bonchev–Trinajstić information content (AvgIpc) is 3.16. The second-order valence-corrected chi connectivity index (χ2v) is 15.4. The number of hydrogen-bond acceptors (Lipinski definition) is 3. The molecule has 0 radical (unpaired) electrons. The molecule has 1 aliphatic heterocycles. The number of fused-ring (bicyclic) bond motifs is 3. The molecular formula is C43H35NO2P2. The van der Waals surface area contributed by atoms with Crippen LogP contribution in [-0.4, -0.2) is 4.67 Å². The second-order valence-electron chi connectivity index (χ2n) is 11.9. The van der Waals surface area contributed by atoms with E-state index in [0.29, 0.717) is 0 Å². The molecule has 7 aromatic carbocycles. The van der Waals surface area contributed by atoms with Crippen LogP contribution in [0.2, 0.25) is 0 Å². The van der Waals surface area contributed by atoms with Crippen LogP contribution in [0.4, 0.5) is 0 Å². The van der Waals surface area contributed by atoms with E-state index in [4.69, 9.17) is 9.05 Å². The van der Waals surface area contributed by atoms with Crippen molar-refractivity contribution in [2.24, 2.45) is 0 Å². The summed E-state index contributed by atoms with van der Waals surface area (Å²) in [7, 11) is -2.50. The van der Waals surface area contributed by atoms with E-state index in [2.05, 4.69) is 194 Å². The van der Waals surface area contributed by atoms with Crippen molar-refractivity contribution in [1.82, 2.24) is 4.67 Å². The third kappa shape index (κ3) is 5.91. The second kappa shape index (κ2) is 13.8. The van der Waals surface area contributed by atoms with E-state index >= 15 is 0 Å². The van der Waals surface area contributed by atoms with Gasteiger partial charge in [-0.2, -0.15) is 4.67 Å². The van der Waals surface area contributed by atoms with Gasteiger partial charge in [-0.05, 0) is 59.5 Å². The van der Waals surface area contributed by atoms with E-state index < -0.39 is 16.4 Å². The SMILES string of the molecule is C[C@H](c1ccccc1)N1[C@@H](c2ccccc2)c2c(ccc3ccccc23)OP1Oc1ccccc1P(c1ccccc1)c1ccccc1. The molecule has 0 fully saturated rings. The smallest absolute Gasteiger partial charge is 0.386 e. The Kier molecular flexibility index (Phi) is 8.75. The average molecular weight is 660 g/mol. The summed E-state index contributed by atoms with van der Waals surface area (Å²) in [5.74, 6) is 1.72. The zero-order valence-corrected chi connectivity index (χ0v) is 28.4. The van der Waals surface area contributed by atoms with Crippen LogP contribution in [-0.2, 0) is 0 Å². The first-order valence-electron chi connectivity index (χ1n) is 16.3. The Morgan fingerprint density at radius 1 is 0.604 bits per heavy atom. The van der Waals surface area contributed by atoms with Crippen LogP contribution < -0.4 is 25.0 Å². The minimum absolute atomic E-state index is 0.00782. The molecule has 3 atom stereocenters. The van der Waals surface area contributed by atoms with Crippen molar-refractivity contribution in [3.05, 3.63) is 199 Å². The Morgan fingerprint density at radius 2 is 1.17 bits per heavy atom.